The van der Waals surface area contributed by atoms with Gasteiger partial charge in [0.25, 0.3) is 0 Å². The molecule has 5 nitrogen and oxygen atoms in total. The van der Waals surface area contributed by atoms with Gasteiger partial charge in [-0.2, -0.15) is 0 Å². The molecule has 1 fully saturated rings. The topological polar surface area (TPSA) is 87.0 Å². The molecule has 0 unspecified atom stereocenters. The van der Waals surface area contributed by atoms with Crippen LogP contribution in [0.2, 0.25) is 0 Å². The third-order valence-electron chi connectivity index (χ3n) is 1.61. The predicted octanol–water partition coefficient (Wildman–Crippen LogP) is -1.98. The average Bonchev–Trinajstić information content (AvgIpc) is 1.96. The van der Waals surface area contributed by atoms with Crippen LogP contribution in [-0.2, 0) is 9.53 Å². The summed E-state index contributed by atoms with van der Waals surface area (Å²) in [4.78, 5) is 10.6. The second-order valence-corrected chi connectivity index (χ2v) is 2.47. The molecule has 0 radical (unpaired) electrons. The van der Waals surface area contributed by atoms with Crippen LogP contribution in [-0.4, -0.2) is 46.2 Å². The fourth-order valence-electron chi connectivity index (χ4n) is 0.971. The number of hydrogen-bond donors (Lipinski definition) is 3. The Hall–Kier alpha value is -0.650. The summed E-state index contributed by atoms with van der Waals surface area (Å²) in [6.07, 6.45) is -3.48. The maximum atomic E-state index is 10.6. The van der Waals surface area contributed by atoms with E-state index in [-0.39, 0.29) is 6.42 Å². The van der Waals surface area contributed by atoms with E-state index in [0.717, 1.165) is 0 Å². The molecule has 64 valence electrons. The van der Waals surface area contributed by atoms with Gasteiger partial charge in [-0.05, 0) is 0 Å². The Morgan fingerprint density at radius 2 is 2.18 bits per heavy atom. The molecule has 0 bridgehead atoms. The van der Waals surface area contributed by atoms with E-state index in [1.165, 1.54) is 0 Å². The van der Waals surface area contributed by atoms with Crippen LogP contribution in [0.5, 0.6) is 0 Å². The van der Waals surface area contributed by atoms with Gasteiger partial charge in [-0.25, -0.2) is 0 Å². The summed E-state index contributed by atoms with van der Waals surface area (Å²) < 4.78 is 4.52. The number of carbonyl (C=O) groups is 1. The maximum absolute atomic E-state index is 10.6. The lowest BCUT2D eigenvalue weighted by Gasteiger charge is -2.29. The van der Waals surface area contributed by atoms with Crippen LogP contribution in [0.1, 0.15) is 6.42 Å². The molecule has 0 spiro atoms. The van der Waals surface area contributed by atoms with E-state index < -0.39 is 30.9 Å². The minimum Gasteiger partial charge on any atom is -0.457 e. The molecule has 1 aliphatic rings. The molecule has 1 heterocycles. The van der Waals surface area contributed by atoms with Crippen molar-refractivity contribution in [3.8, 4) is 0 Å². The summed E-state index contributed by atoms with van der Waals surface area (Å²) in [5.41, 5.74) is 0. The molecule has 3 atom stereocenters. The highest BCUT2D eigenvalue weighted by molar-refractivity contribution is 5.71. The smallest absolute Gasteiger partial charge is 0.308 e. The number of aliphatic hydroxyl groups is 3. The van der Waals surface area contributed by atoms with Gasteiger partial charge >= 0.3 is 5.97 Å². The number of hydrogen-bond acceptors (Lipinski definition) is 5. The first-order valence-corrected chi connectivity index (χ1v) is 3.31. The van der Waals surface area contributed by atoms with Crippen molar-refractivity contribution in [3.63, 3.8) is 0 Å². The maximum Gasteiger partial charge on any atom is 0.308 e. The second-order valence-electron chi connectivity index (χ2n) is 2.47. The fraction of sp³-hybridized carbons (Fsp3) is 0.833. The standard InChI is InChI=1S/C6H10O5/c7-2-4-6(10)3(8)1-5(9)11-4/h3-4,6-8,10H,1-2H2/t3-,4-,6+/m1/s1. The molecule has 0 aromatic carbocycles. The lowest BCUT2D eigenvalue weighted by molar-refractivity contribution is -0.182. The Bertz CT molecular complexity index is 157. The number of rotatable bonds is 1. The lowest BCUT2D eigenvalue weighted by atomic mass is 10.0. The molecule has 5 heteroatoms. The first-order valence-electron chi connectivity index (χ1n) is 3.31. The van der Waals surface area contributed by atoms with E-state index >= 15 is 0 Å². The highest BCUT2D eigenvalue weighted by Gasteiger charge is 2.35. The van der Waals surface area contributed by atoms with Crippen molar-refractivity contribution in [2.75, 3.05) is 6.61 Å². The summed E-state index contributed by atoms with van der Waals surface area (Å²) in [6.45, 7) is -0.468. The van der Waals surface area contributed by atoms with E-state index in [1.807, 2.05) is 0 Å². The number of ether oxygens (including phenoxy) is 1. The fourth-order valence-corrected chi connectivity index (χ4v) is 0.971. The average molecular weight is 162 g/mol. The molecule has 0 aliphatic carbocycles. The summed E-state index contributed by atoms with van der Waals surface area (Å²) in [5.74, 6) is -0.596. The summed E-state index contributed by atoms with van der Waals surface area (Å²) >= 11 is 0. The van der Waals surface area contributed by atoms with Gasteiger partial charge in [0, 0.05) is 0 Å². The van der Waals surface area contributed by atoms with Crippen LogP contribution in [0.15, 0.2) is 0 Å². The Labute approximate surface area is 63.2 Å². The van der Waals surface area contributed by atoms with Gasteiger partial charge in [-0.1, -0.05) is 0 Å². The molecule has 0 saturated carbocycles. The Kier molecular flexibility index (Phi) is 2.43. The minimum absolute atomic E-state index is 0.211. The molecule has 1 aliphatic heterocycles. The third kappa shape index (κ3) is 1.68. The number of carbonyl (C=O) groups excluding carboxylic acids is 1. The Morgan fingerprint density at radius 3 is 2.73 bits per heavy atom. The summed E-state index contributed by atoms with van der Waals surface area (Å²) in [7, 11) is 0. The quantitative estimate of drug-likeness (QED) is 0.389. The van der Waals surface area contributed by atoms with E-state index in [4.69, 9.17) is 15.3 Å². The first-order chi connectivity index (χ1) is 5.15. The molecule has 0 aromatic rings. The normalized spacial score (nSPS) is 38.5. The number of esters is 1. The molecule has 1 rings (SSSR count). The Balaban J connectivity index is 2.58. The van der Waals surface area contributed by atoms with Crippen molar-refractivity contribution in [2.24, 2.45) is 0 Å². The zero-order chi connectivity index (χ0) is 8.43. The molecular formula is C6H10O5. The summed E-state index contributed by atoms with van der Waals surface area (Å²) in [6, 6.07) is 0. The lowest BCUT2D eigenvalue weighted by Crippen LogP contribution is -2.48. The van der Waals surface area contributed by atoms with Gasteiger partial charge in [0.05, 0.1) is 19.1 Å². The van der Waals surface area contributed by atoms with Gasteiger partial charge in [0.2, 0.25) is 0 Å². The van der Waals surface area contributed by atoms with Crippen LogP contribution in [0.3, 0.4) is 0 Å². The van der Waals surface area contributed by atoms with Crippen LogP contribution in [0, 0.1) is 0 Å². The molecule has 11 heavy (non-hydrogen) atoms. The largest absolute Gasteiger partial charge is 0.457 e. The van der Waals surface area contributed by atoms with Crippen LogP contribution in [0.4, 0.5) is 0 Å². The van der Waals surface area contributed by atoms with Crippen molar-refractivity contribution >= 4 is 5.97 Å². The van der Waals surface area contributed by atoms with E-state index in [1.54, 1.807) is 0 Å². The molecule has 1 saturated heterocycles. The molecule has 0 aromatic heterocycles. The van der Waals surface area contributed by atoms with Crippen molar-refractivity contribution in [1.29, 1.82) is 0 Å². The van der Waals surface area contributed by atoms with Crippen molar-refractivity contribution in [3.05, 3.63) is 0 Å². The van der Waals surface area contributed by atoms with E-state index in [9.17, 15) is 4.79 Å². The highest BCUT2D eigenvalue weighted by atomic mass is 16.6. The van der Waals surface area contributed by atoms with Crippen LogP contribution < -0.4 is 0 Å². The molecule has 3 N–H and O–H groups in total. The Morgan fingerprint density at radius 1 is 1.55 bits per heavy atom. The van der Waals surface area contributed by atoms with Crippen LogP contribution in [0.25, 0.3) is 0 Å². The number of aliphatic hydroxyl groups excluding tert-OH is 3. The van der Waals surface area contributed by atoms with Gasteiger partial charge in [0.15, 0.2) is 6.10 Å². The van der Waals surface area contributed by atoms with Crippen LogP contribution >= 0.6 is 0 Å². The van der Waals surface area contributed by atoms with E-state index in [2.05, 4.69) is 4.74 Å². The summed E-state index contributed by atoms with van der Waals surface area (Å²) in [5, 5.41) is 26.6. The molecular weight excluding hydrogens is 152 g/mol. The predicted molar refractivity (Wildman–Crippen MR) is 33.6 cm³/mol. The van der Waals surface area contributed by atoms with Gasteiger partial charge in [-0.3, -0.25) is 4.79 Å². The first kappa shape index (κ1) is 8.45. The second kappa shape index (κ2) is 3.17. The third-order valence-corrected chi connectivity index (χ3v) is 1.61. The molecule has 0 amide bonds. The monoisotopic (exact) mass is 162 g/mol. The zero-order valence-corrected chi connectivity index (χ0v) is 5.80. The van der Waals surface area contributed by atoms with Gasteiger partial charge < -0.3 is 20.1 Å². The van der Waals surface area contributed by atoms with Gasteiger partial charge in [-0.15, -0.1) is 0 Å². The minimum atomic E-state index is -1.17. The SMILES string of the molecule is O=C1C[C@@H](O)[C@H](O)[C@@H](CO)O1. The van der Waals surface area contributed by atoms with Crippen molar-refractivity contribution < 1.29 is 24.9 Å². The highest BCUT2D eigenvalue weighted by Crippen LogP contribution is 2.14. The van der Waals surface area contributed by atoms with E-state index in [0.29, 0.717) is 0 Å². The van der Waals surface area contributed by atoms with Gasteiger partial charge in [0.1, 0.15) is 6.10 Å². The van der Waals surface area contributed by atoms with Crippen molar-refractivity contribution in [2.45, 2.75) is 24.7 Å². The number of cyclic esters (lactones) is 1. The zero-order valence-electron chi connectivity index (χ0n) is 5.80. The van der Waals surface area contributed by atoms with Crippen molar-refractivity contribution in [1.82, 2.24) is 0 Å².